The zero-order valence-electron chi connectivity index (χ0n) is 29.6. The van der Waals surface area contributed by atoms with Gasteiger partial charge in [0.25, 0.3) is 5.97 Å². The second kappa shape index (κ2) is 17.9. The molecule has 0 amide bonds. The third kappa shape index (κ3) is 10.2. The summed E-state index contributed by atoms with van der Waals surface area (Å²) in [5.41, 5.74) is 19.8. The minimum absolute atomic E-state index is 0.0265. The van der Waals surface area contributed by atoms with E-state index in [1.165, 1.54) is 24.3 Å². The topological polar surface area (TPSA) is 301 Å². The van der Waals surface area contributed by atoms with Crippen LogP contribution in [0, 0.1) is 0 Å². The fraction of sp³-hybridized carbons (Fsp3) is 0.0833. The molecule has 0 saturated heterocycles. The van der Waals surface area contributed by atoms with E-state index in [0.29, 0.717) is 11.4 Å². The molecular weight excluding hydrogens is 957 g/mol. The van der Waals surface area contributed by atoms with Crippen molar-refractivity contribution in [3.8, 4) is 11.1 Å². The molecule has 0 radical (unpaired) electrons. The van der Waals surface area contributed by atoms with E-state index in [1.54, 1.807) is 55.5 Å². The van der Waals surface area contributed by atoms with Crippen LogP contribution in [0.15, 0.2) is 98.9 Å². The maximum absolute atomic E-state index is 13.2. The van der Waals surface area contributed by atoms with Gasteiger partial charge in [-0.2, -0.15) is 8.42 Å². The number of carboxylic acid groups (broad SMARTS) is 1. The van der Waals surface area contributed by atoms with Gasteiger partial charge in [0.2, 0.25) is 0 Å². The Morgan fingerprint density at radius 2 is 1.14 bits per heavy atom. The van der Waals surface area contributed by atoms with Gasteiger partial charge in [-0.15, -0.1) is 0 Å². The van der Waals surface area contributed by atoms with Gasteiger partial charge in [-0.05, 0) is 18.6 Å². The standard InChI is InChI=1S/C32H23N6O8S2.C2H4O2.C2H6O.Hg/c33-23-5-1-3-19-15-25(47(41,42)43)29(31(39)27(19)23)37-35-21-11-7-17(8-12-21)18-9-13-22(14-10-18)36-38-30-26(48(44,45)46)16-20-4-2-6-24(34)28(20)32(30)40;1-2(3)4;1-2-3;/h1-13,15-16,35-36H,33-34H2,(H,41,42,43)(H,44,45,46);1H3,(H,3,4);3H,2H2,1H3;/b37-29+,38-30-;;;. The summed E-state index contributed by atoms with van der Waals surface area (Å²) >= 11 is 0.0265. The van der Waals surface area contributed by atoms with Crippen LogP contribution in [0.25, 0.3) is 23.3 Å². The van der Waals surface area contributed by atoms with E-state index in [1.807, 2.05) is 6.07 Å². The van der Waals surface area contributed by atoms with Crippen molar-refractivity contribution in [2.75, 3.05) is 28.9 Å². The van der Waals surface area contributed by atoms with Crippen LogP contribution in [-0.4, -0.2) is 71.7 Å². The summed E-state index contributed by atoms with van der Waals surface area (Å²) in [5, 5.41) is 23.1. The van der Waals surface area contributed by atoms with Gasteiger partial charge in [0.05, 0.1) is 0 Å². The fourth-order valence-corrected chi connectivity index (χ4v) is 8.22. The summed E-state index contributed by atoms with van der Waals surface area (Å²) in [5.74, 6) is -2.35. The number of nitrogen functional groups attached to an aromatic ring is 2. The predicted molar refractivity (Wildman–Crippen MR) is 209 cm³/mol. The number of fused-ring (bicyclic) bond motifs is 2. The molecule has 6 rings (SSSR count). The molecule has 0 bridgehead atoms. The summed E-state index contributed by atoms with van der Waals surface area (Å²) in [6.45, 7) is 3.01. The molecule has 4 aromatic carbocycles. The molecule has 10 N–H and O–H groups in total. The van der Waals surface area contributed by atoms with Crippen molar-refractivity contribution < 1.29 is 76.7 Å². The third-order valence-corrected chi connectivity index (χ3v) is 11.7. The number of ketones is 2. The van der Waals surface area contributed by atoms with Gasteiger partial charge < -0.3 is 15.9 Å². The van der Waals surface area contributed by atoms with Crippen LogP contribution >= 0.6 is 0 Å². The molecule has 0 spiro atoms. The Hall–Kier alpha value is -5.57. The Bertz CT molecular complexity index is 2580. The van der Waals surface area contributed by atoms with E-state index in [2.05, 4.69) is 21.1 Å². The molecule has 17 nitrogen and oxygen atoms in total. The SMILES string of the molecule is CC(=O)O.CCO.Nc1cccc2c1C(=O)/C(=N/Nc1ccc(-c3ccc(N/N=C4\C(=O)c5c(N)cccc5C=C4S(=O)(=O)O)[c]([Hg])c3)cc1)C(S(=O)(=O)O)=C2. The van der Waals surface area contributed by atoms with Crippen molar-refractivity contribution in [2.24, 2.45) is 10.2 Å². The predicted octanol–water partition coefficient (Wildman–Crippen LogP) is 3.57. The average Bonchev–Trinajstić information content (AvgIpc) is 3.10. The van der Waals surface area contributed by atoms with Crippen LogP contribution in [-0.2, 0) is 51.2 Å². The molecule has 0 unspecified atom stereocenters. The number of nitrogens with one attached hydrogen (secondary N) is 2. The van der Waals surface area contributed by atoms with Crippen molar-refractivity contribution in [2.45, 2.75) is 13.8 Å². The van der Waals surface area contributed by atoms with Crippen molar-refractivity contribution >= 4 is 87.2 Å². The molecule has 4 aromatic rings. The summed E-state index contributed by atoms with van der Waals surface area (Å²) < 4.78 is 68.9. The minimum Gasteiger partial charge on any atom is -0.282 e. The first-order chi connectivity index (χ1) is 26.3. The Morgan fingerprint density at radius 3 is 1.55 bits per heavy atom. The molecule has 0 aromatic heterocycles. The van der Waals surface area contributed by atoms with Crippen LogP contribution in [0.2, 0.25) is 0 Å². The van der Waals surface area contributed by atoms with Gasteiger partial charge in [-0.25, -0.2) is 0 Å². The molecule has 2 aliphatic rings. The van der Waals surface area contributed by atoms with Crippen molar-refractivity contribution in [3.05, 3.63) is 111 Å². The number of hydrazone groups is 2. The number of allylic oxidation sites excluding steroid dienone is 2. The molecule has 0 fully saturated rings. The van der Waals surface area contributed by atoms with Gasteiger partial charge >= 0.3 is 249 Å². The van der Waals surface area contributed by atoms with Gasteiger partial charge in [0.1, 0.15) is 0 Å². The van der Waals surface area contributed by atoms with E-state index >= 15 is 0 Å². The number of aliphatic carboxylic acids is 1. The Labute approximate surface area is 337 Å². The molecular formula is C36H33HgN6O11S2. The molecule has 2 aliphatic carbocycles. The van der Waals surface area contributed by atoms with Crippen LogP contribution < -0.4 is 25.4 Å². The number of nitrogens with zero attached hydrogens (tertiary/aromatic N) is 2. The number of benzene rings is 4. The number of anilines is 4. The minimum atomic E-state index is -4.80. The Morgan fingerprint density at radius 1 is 0.732 bits per heavy atom. The van der Waals surface area contributed by atoms with Crippen molar-refractivity contribution in [3.63, 3.8) is 0 Å². The van der Waals surface area contributed by atoms with Crippen LogP contribution in [0.5, 0.6) is 0 Å². The number of carbonyl (C=O) groups is 3. The molecule has 0 atom stereocenters. The molecule has 0 saturated carbocycles. The van der Waals surface area contributed by atoms with E-state index in [0.717, 1.165) is 33.3 Å². The number of rotatable bonds is 7. The van der Waals surface area contributed by atoms with E-state index in [4.69, 9.17) is 26.5 Å². The second-order valence-electron chi connectivity index (χ2n) is 11.7. The average molecular weight is 990 g/mol. The third-order valence-electron chi connectivity index (χ3n) is 7.65. The summed E-state index contributed by atoms with van der Waals surface area (Å²) in [7, 11) is -9.59. The number of aliphatic hydroxyl groups is 1. The van der Waals surface area contributed by atoms with Gasteiger partial charge in [-0.3, -0.25) is 9.35 Å². The number of hydrogen-bond acceptors (Lipinski definition) is 14. The van der Waals surface area contributed by atoms with E-state index in [9.17, 15) is 35.5 Å². The zero-order chi connectivity index (χ0) is 41.5. The number of carboxylic acids is 1. The number of Topliss-reactive ketones (excluding diaryl/α,β-unsaturated/α-hetero) is 2. The first-order valence-electron chi connectivity index (χ1n) is 16.1. The number of carbonyl (C=O) groups excluding carboxylic acids is 2. The van der Waals surface area contributed by atoms with Crippen molar-refractivity contribution in [1.82, 2.24) is 0 Å². The zero-order valence-corrected chi connectivity index (χ0v) is 36.7. The first-order valence-corrected chi connectivity index (χ1v) is 21.7. The molecule has 56 heavy (non-hydrogen) atoms. The van der Waals surface area contributed by atoms with Crippen LogP contribution in [0.1, 0.15) is 45.7 Å². The van der Waals surface area contributed by atoms with Crippen LogP contribution in [0.4, 0.5) is 22.7 Å². The van der Waals surface area contributed by atoms with Crippen LogP contribution in [0.3, 0.4) is 0 Å². The first kappa shape index (κ1) is 43.2. The smallest absolute Gasteiger partial charge is 0.282 e. The van der Waals surface area contributed by atoms with E-state index in [-0.39, 0.29) is 66.4 Å². The van der Waals surface area contributed by atoms with Gasteiger partial charge in [0, 0.05) is 19.2 Å². The van der Waals surface area contributed by atoms with Gasteiger partial charge in [0.15, 0.2) is 0 Å². The Kier molecular flexibility index (Phi) is 13.8. The molecule has 20 heteroatoms. The quantitative estimate of drug-likeness (QED) is 0.0568. The number of hydrogen-bond donors (Lipinski definition) is 8. The Balaban J connectivity index is 0.000000922. The van der Waals surface area contributed by atoms with E-state index < -0.39 is 59.0 Å². The molecule has 287 valence electrons. The van der Waals surface area contributed by atoms with Crippen molar-refractivity contribution in [1.29, 1.82) is 0 Å². The number of aliphatic hydroxyl groups excluding tert-OH is 1. The maximum atomic E-state index is 13.2. The monoisotopic (exact) mass is 991 g/mol. The second-order valence-corrected chi connectivity index (χ2v) is 17.4. The normalized spacial score (nSPS) is 14.9. The summed E-state index contributed by atoms with van der Waals surface area (Å²) in [6.07, 6.45) is 2.28. The number of nitrogens with two attached hydrogens (primary N) is 2. The molecule has 0 aliphatic heterocycles. The van der Waals surface area contributed by atoms with Gasteiger partial charge in [-0.1, -0.05) is 12.1 Å². The molecule has 0 heterocycles. The fourth-order valence-electron chi connectivity index (χ4n) is 5.28. The summed E-state index contributed by atoms with van der Waals surface area (Å²) in [4.78, 5) is 34.1. The summed E-state index contributed by atoms with van der Waals surface area (Å²) in [6, 6.07) is 21.4.